The summed E-state index contributed by atoms with van der Waals surface area (Å²) in [5, 5.41) is 0. The van der Waals surface area contributed by atoms with Gasteiger partial charge in [-0.2, -0.15) is 0 Å². The maximum absolute atomic E-state index is 11.3. The van der Waals surface area contributed by atoms with E-state index in [-0.39, 0.29) is 18.4 Å². The van der Waals surface area contributed by atoms with Gasteiger partial charge in [0.05, 0.1) is 12.6 Å². The number of hydrogen-bond donors (Lipinski definition) is 0. The van der Waals surface area contributed by atoms with E-state index in [0.717, 1.165) is 13.0 Å². The first kappa shape index (κ1) is 11.2. The van der Waals surface area contributed by atoms with Gasteiger partial charge in [0.1, 0.15) is 0 Å². The Morgan fingerprint density at radius 3 is 2.56 bits per heavy atom. The Morgan fingerprint density at radius 2 is 2.00 bits per heavy atom. The zero-order valence-electron chi connectivity index (χ0n) is 9.53. The zero-order valence-corrected chi connectivity index (χ0v) is 9.53. The number of carbonyl (C=O) groups is 2. The summed E-state index contributed by atoms with van der Waals surface area (Å²) in [6.07, 6.45) is 2.97. The Bertz CT molecular complexity index is 351. The van der Waals surface area contributed by atoms with Gasteiger partial charge < -0.3 is 0 Å². The zero-order chi connectivity index (χ0) is 11.5. The average Bonchev–Trinajstić information content (AvgIpc) is 2.79. The summed E-state index contributed by atoms with van der Waals surface area (Å²) in [6.45, 7) is 1.35. The smallest absolute Gasteiger partial charge is 0.230 e. The molecule has 2 aliphatic heterocycles. The lowest BCUT2D eigenvalue weighted by atomic mass is 10.2. The highest BCUT2D eigenvalue weighted by atomic mass is 16.2. The number of carbonyl (C=O) groups excluding carboxylic acids is 2. The Morgan fingerprint density at radius 1 is 1.31 bits per heavy atom. The molecule has 0 bridgehead atoms. The van der Waals surface area contributed by atoms with E-state index in [0.29, 0.717) is 18.9 Å². The van der Waals surface area contributed by atoms with E-state index in [1.807, 2.05) is 0 Å². The Hall–Kier alpha value is -1.34. The van der Waals surface area contributed by atoms with Crippen LogP contribution in [0.1, 0.15) is 25.7 Å². The standard InChI is InChI=1S/C12H16N2O2/c1-13-8-2-4-10(13)5-3-9-14-11(15)6-7-12(14)16/h10H,2,4,6-9H2,1H3/t10-/m0/s1. The maximum atomic E-state index is 11.3. The van der Waals surface area contributed by atoms with Gasteiger partial charge in [-0.1, -0.05) is 11.8 Å². The molecule has 4 heteroatoms. The van der Waals surface area contributed by atoms with Gasteiger partial charge in [-0.05, 0) is 26.4 Å². The highest BCUT2D eigenvalue weighted by molar-refractivity contribution is 6.02. The first-order valence-electron chi connectivity index (χ1n) is 5.70. The van der Waals surface area contributed by atoms with Gasteiger partial charge in [0.2, 0.25) is 11.8 Å². The van der Waals surface area contributed by atoms with Gasteiger partial charge in [-0.25, -0.2) is 0 Å². The van der Waals surface area contributed by atoms with Crippen LogP contribution >= 0.6 is 0 Å². The van der Waals surface area contributed by atoms with E-state index >= 15 is 0 Å². The van der Waals surface area contributed by atoms with Crippen LogP contribution in [0.3, 0.4) is 0 Å². The summed E-state index contributed by atoms with van der Waals surface area (Å²) in [4.78, 5) is 26.1. The number of likely N-dealkylation sites (tertiary alicyclic amines) is 2. The van der Waals surface area contributed by atoms with Crippen LogP contribution in [-0.4, -0.2) is 47.8 Å². The molecule has 0 aromatic heterocycles. The summed E-state index contributed by atoms with van der Waals surface area (Å²) in [5.41, 5.74) is 0. The minimum Gasteiger partial charge on any atom is -0.293 e. The van der Waals surface area contributed by atoms with Gasteiger partial charge in [0.25, 0.3) is 0 Å². The number of imide groups is 1. The molecule has 2 heterocycles. The summed E-state index contributed by atoms with van der Waals surface area (Å²) in [6, 6.07) is 0.299. The first-order valence-corrected chi connectivity index (χ1v) is 5.70. The Labute approximate surface area is 95.6 Å². The highest BCUT2D eigenvalue weighted by Crippen LogP contribution is 2.14. The van der Waals surface area contributed by atoms with Crippen LogP contribution in [0.5, 0.6) is 0 Å². The van der Waals surface area contributed by atoms with Crippen LogP contribution in [0.2, 0.25) is 0 Å². The van der Waals surface area contributed by atoms with Gasteiger partial charge >= 0.3 is 0 Å². The molecule has 0 spiro atoms. The summed E-state index contributed by atoms with van der Waals surface area (Å²) in [5.74, 6) is 5.91. The van der Waals surface area contributed by atoms with E-state index in [1.54, 1.807) is 0 Å². The quantitative estimate of drug-likeness (QED) is 0.469. The lowest BCUT2D eigenvalue weighted by molar-refractivity contribution is -0.137. The van der Waals surface area contributed by atoms with Crippen molar-refractivity contribution in [2.45, 2.75) is 31.7 Å². The van der Waals surface area contributed by atoms with E-state index in [4.69, 9.17) is 0 Å². The van der Waals surface area contributed by atoms with Crippen LogP contribution in [0.15, 0.2) is 0 Å². The first-order chi connectivity index (χ1) is 7.68. The van der Waals surface area contributed by atoms with Crippen LogP contribution in [-0.2, 0) is 9.59 Å². The monoisotopic (exact) mass is 220 g/mol. The van der Waals surface area contributed by atoms with Crippen LogP contribution in [0, 0.1) is 11.8 Å². The molecule has 0 radical (unpaired) electrons. The molecule has 0 saturated carbocycles. The molecule has 4 nitrogen and oxygen atoms in total. The van der Waals surface area contributed by atoms with Crippen molar-refractivity contribution in [3.8, 4) is 11.8 Å². The molecular weight excluding hydrogens is 204 g/mol. The molecule has 0 unspecified atom stereocenters. The second-order valence-electron chi connectivity index (χ2n) is 4.33. The predicted octanol–water partition coefficient (Wildman–Crippen LogP) is 0.233. The molecule has 2 amide bonds. The van der Waals surface area contributed by atoms with E-state index in [9.17, 15) is 9.59 Å². The van der Waals surface area contributed by atoms with E-state index in [2.05, 4.69) is 23.8 Å². The number of nitrogens with zero attached hydrogens (tertiary/aromatic N) is 2. The number of rotatable bonds is 1. The summed E-state index contributed by atoms with van der Waals surface area (Å²) < 4.78 is 0. The molecule has 0 aromatic carbocycles. The van der Waals surface area contributed by atoms with Crippen molar-refractivity contribution in [1.82, 2.24) is 9.80 Å². The van der Waals surface area contributed by atoms with Gasteiger partial charge in [-0.15, -0.1) is 0 Å². The molecule has 2 fully saturated rings. The van der Waals surface area contributed by atoms with Crippen molar-refractivity contribution >= 4 is 11.8 Å². The Balaban J connectivity index is 1.89. The fourth-order valence-corrected chi connectivity index (χ4v) is 2.13. The number of amides is 2. The SMILES string of the molecule is CN1CCC[C@H]1C#CCN1C(=O)CCC1=O. The molecule has 1 atom stereocenters. The van der Waals surface area contributed by atoms with Crippen LogP contribution < -0.4 is 0 Å². The molecule has 0 aromatic rings. The molecule has 0 N–H and O–H groups in total. The number of hydrogen-bond acceptors (Lipinski definition) is 3. The Kier molecular flexibility index (Phi) is 3.25. The molecule has 2 rings (SSSR count). The maximum Gasteiger partial charge on any atom is 0.230 e. The fraction of sp³-hybridized carbons (Fsp3) is 0.667. The van der Waals surface area contributed by atoms with E-state index in [1.165, 1.54) is 11.3 Å². The summed E-state index contributed by atoms with van der Waals surface area (Å²) in [7, 11) is 2.05. The molecule has 16 heavy (non-hydrogen) atoms. The minimum absolute atomic E-state index is 0.0842. The predicted molar refractivity (Wildman–Crippen MR) is 59.4 cm³/mol. The van der Waals surface area contributed by atoms with Gasteiger partial charge in [0.15, 0.2) is 0 Å². The highest BCUT2D eigenvalue weighted by Gasteiger charge is 2.27. The normalized spacial score (nSPS) is 26.1. The summed E-state index contributed by atoms with van der Waals surface area (Å²) >= 11 is 0. The molecule has 0 aliphatic carbocycles. The van der Waals surface area contributed by atoms with Crippen LogP contribution in [0.25, 0.3) is 0 Å². The van der Waals surface area contributed by atoms with Crippen molar-refractivity contribution in [1.29, 1.82) is 0 Å². The minimum atomic E-state index is -0.0842. The fourth-order valence-electron chi connectivity index (χ4n) is 2.13. The third-order valence-electron chi connectivity index (χ3n) is 3.18. The molecule has 2 saturated heterocycles. The van der Waals surface area contributed by atoms with Crippen molar-refractivity contribution in [2.24, 2.45) is 0 Å². The average molecular weight is 220 g/mol. The molecule has 86 valence electrons. The largest absolute Gasteiger partial charge is 0.293 e. The van der Waals surface area contributed by atoms with Crippen molar-refractivity contribution in [3.05, 3.63) is 0 Å². The third-order valence-corrected chi connectivity index (χ3v) is 3.18. The lowest BCUT2D eigenvalue weighted by Gasteiger charge is -2.13. The van der Waals surface area contributed by atoms with Crippen molar-refractivity contribution in [3.63, 3.8) is 0 Å². The topological polar surface area (TPSA) is 40.6 Å². The van der Waals surface area contributed by atoms with Crippen molar-refractivity contribution < 1.29 is 9.59 Å². The third kappa shape index (κ3) is 2.25. The lowest BCUT2D eigenvalue weighted by Crippen LogP contribution is -2.29. The molecule has 2 aliphatic rings. The van der Waals surface area contributed by atoms with E-state index < -0.39 is 0 Å². The van der Waals surface area contributed by atoms with Gasteiger partial charge in [-0.3, -0.25) is 19.4 Å². The molecular formula is C12H16N2O2. The van der Waals surface area contributed by atoms with Gasteiger partial charge in [0, 0.05) is 12.8 Å². The van der Waals surface area contributed by atoms with Crippen molar-refractivity contribution in [2.75, 3.05) is 20.1 Å². The second-order valence-corrected chi connectivity index (χ2v) is 4.33. The van der Waals surface area contributed by atoms with Crippen LogP contribution in [0.4, 0.5) is 0 Å². The second kappa shape index (κ2) is 4.67.